The zero-order valence-corrected chi connectivity index (χ0v) is 8.46. The lowest BCUT2D eigenvalue weighted by molar-refractivity contribution is 0.0828. The number of hydrogen-bond donors (Lipinski definition) is 0. The minimum Gasteiger partial charge on any atom is -0.380 e. The highest BCUT2D eigenvalue weighted by molar-refractivity contribution is 4.70. The summed E-state index contributed by atoms with van der Waals surface area (Å²) in [5, 5.41) is 8.31. The topological polar surface area (TPSA) is 33.0 Å². The van der Waals surface area contributed by atoms with Gasteiger partial charge in [-0.3, -0.25) is 0 Å². The zero-order valence-electron chi connectivity index (χ0n) is 8.46. The van der Waals surface area contributed by atoms with E-state index in [0.717, 1.165) is 18.4 Å². The molecule has 0 unspecified atom stereocenters. The first-order valence-electron chi connectivity index (χ1n) is 5.27. The second-order valence-corrected chi connectivity index (χ2v) is 4.11. The summed E-state index contributed by atoms with van der Waals surface area (Å²) in [4.78, 5) is 0. The van der Waals surface area contributed by atoms with Gasteiger partial charge in [-0.15, -0.1) is 0 Å². The van der Waals surface area contributed by atoms with E-state index in [1.54, 1.807) is 0 Å². The van der Waals surface area contributed by atoms with Crippen molar-refractivity contribution in [1.29, 1.82) is 5.26 Å². The highest BCUT2D eigenvalue weighted by atomic mass is 16.5. The van der Waals surface area contributed by atoms with Crippen molar-refractivity contribution in [3.63, 3.8) is 0 Å². The Morgan fingerprint density at radius 2 is 2.00 bits per heavy atom. The van der Waals surface area contributed by atoms with E-state index in [0.29, 0.717) is 13.0 Å². The molecule has 2 nitrogen and oxygen atoms in total. The van der Waals surface area contributed by atoms with Gasteiger partial charge < -0.3 is 4.74 Å². The number of nitriles is 1. The Hall–Kier alpha value is -0.550. The molecule has 0 amide bonds. The molecule has 0 aliphatic heterocycles. The molecular formula is C11H19NO. The Bertz CT molecular complexity index is 165. The van der Waals surface area contributed by atoms with Crippen LogP contribution in [0.5, 0.6) is 0 Å². The van der Waals surface area contributed by atoms with Crippen molar-refractivity contribution < 1.29 is 4.74 Å². The molecule has 1 aliphatic carbocycles. The quantitative estimate of drug-likeness (QED) is 0.625. The second kappa shape index (κ2) is 5.99. The van der Waals surface area contributed by atoms with Crippen LogP contribution in [0.1, 0.15) is 39.0 Å². The maximum Gasteiger partial charge on any atom is 0.0645 e. The Kier molecular flexibility index (Phi) is 4.85. The van der Waals surface area contributed by atoms with Crippen LogP contribution in [-0.4, -0.2) is 13.2 Å². The molecule has 0 aromatic carbocycles. The van der Waals surface area contributed by atoms with Crippen LogP contribution in [-0.2, 0) is 4.74 Å². The molecule has 0 bridgehead atoms. The normalized spacial score (nSPS) is 28.3. The van der Waals surface area contributed by atoms with Gasteiger partial charge in [-0.1, -0.05) is 19.8 Å². The van der Waals surface area contributed by atoms with Crippen molar-refractivity contribution in [2.75, 3.05) is 13.2 Å². The molecule has 0 aromatic rings. The molecule has 74 valence electrons. The van der Waals surface area contributed by atoms with E-state index < -0.39 is 0 Å². The van der Waals surface area contributed by atoms with Crippen LogP contribution in [0.2, 0.25) is 0 Å². The molecule has 0 saturated heterocycles. The Labute approximate surface area is 80.9 Å². The fraction of sp³-hybridized carbons (Fsp3) is 0.909. The number of ether oxygens (including phenoxy) is 1. The highest BCUT2D eigenvalue weighted by Gasteiger charge is 2.17. The predicted molar refractivity (Wildman–Crippen MR) is 52.2 cm³/mol. The van der Waals surface area contributed by atoms with E-state index in [1.165, 1.54) is 25.7 Å². The van der Waals surface area contributed by atoms with E-state index in [1.807, 2.05) is 0 Å². The molecule has 0 aromatic heterocycles. The third kappa shape index (κ3) is 4.28. The molecular weight excluding hydrogens is 162 g/mol. The molecule has 0 heterocycles. The van der Waals surface area contributed by atoms with Crippen molar-refractivity contribution >= 4 is 0 Å². The third-order valence-corrected chi connectivity index (χ3v) is 2.85. The molecule has 0 N–H and O–H groups in total. The van der Waals surface area contributed by atoms with E-state index in [2.05, 4.69) is 13.0 Å². The van der Waals surface area contributed by atoms with Crippen molar-refractivity contribution in [2.45, 2.75) is 39.0 Å². The van der Waals surface area contributed by atoms with Crippen molar-refractivity contribution in [2.24, 2.45) is 11.8 Å². The van der Waals surface area contributed by atoms with Gasteiger partial charge in [0.1, 0.15) is 0 Å². The molecule has 13 heavy (non-hydrogen) atoms. The third-order valence-electron chi connectivity index (χ3n) is 2.85. The minimum absolute atomic E-state index is 0.531. The molecule has 0 atom stereocenters. The number of rotatable bonds is 4. The van der Waals surface area contributed by atoms with Gasteiger partial charge in [-0.2, -0.15) is 5.26 Å². The summed E-state index contributed by atoms with van der Waals surface area (Å²) in [5.41, 5.74) is 0. The molecule has 1 rings (SSSR count). The Morgan fingerprint density at radius 1 is 1.31 bits per heavy atom. The van der Waals surface area contributed by atoms with Gasteiger partial charge in [-0.25, -0.2) is 0 Å². The lowest BCUT2D eigenvalue weighted by atomic mass is 9.83. The summed E-state index contributed by atoms with van der Waals surface area (Å²) >= 11 is 0. The minimum atomic E-state index is 0.531. The summed E-state index contributed by atoms with van der Waals surface area (Å²) < 4.78 is 5.43. The molecule has 1 fully saturated rings. The van der Waals surface area contributed by atoms with Gasteiger partial charge in [0, 0.05) is 6.61 Å². The Balaban J connectivity index is 2.00. The standard InChI is InChI=1S/C11H19NO/c1-10-3-5-11(6-4-10)9-13-8-2-7-12/h10-11H,2-6,8-9H2,1H3. The average Bonchev–Trinajstić information content (AvgIpc) is 2.15. The van der Waals surface area contributed by atoms with Gasteiger partial charge in [0.25, 0.3) is 0 Å². The summed E-state index contributed by atoms with van der Waals surface area (Å²) in [6, 6.07) is 2.09. The first kappa shape index (κ1) is 10.5. The largest absolute Gasteiger partial charge is 0.380 e. The summed E-state index contributed by atoms with van der Waals surface area (Å²) in [6.45, 7) is 3.81. The monoisotopic (exact) mass is 181 g/mol. The van der Waals surface area contributed by atoms with Gasteiger partial charge in [0.05, 0.1) is 19.1 Å². The lowest BCUT2D eigenvalue weighted by Crippen LogP contribution is -2.17. The molecule has 1 saturated carbocycles. The predicted octanol–water partition coefficient (Wildman–Crippen LogP) is 2.74. The Morgan fingerprint density at radius 3 is 2.62 bits per heavy atom. The zero-order chi connectivity index (χ0) is 9.52. The van der Waals surface area contributed by atoms with Crippen LogP contribution in [0.3, 0.4) is 0 Å². The van der Waals surface area contributed by atoms with E-state index >= 15 is 0 Å². The van der Waals surface area contributed by atoms with Gasteiger partial charge in [0.15, 0.2) is 0 Å². The fourth-order valence-corrected chi connectivity index (χ4v) is 1.86. The van der Waals surface area contributed by atoms with Crippen LogP contribution in [0.4, 0.5) is 0 Å². The first-order chi connectivity index (χ1) is 6.33. The van der Waals surface area contributed by atoms with Crippen LogP contribution in [0.25, 0.3) is 0 Å². The highest BCUT2D eigenvalue weighted by Crippen LogP contribution is 2.28. The fourth-order valence-electron chi connectivity index (χ4n) is 1.86. The smallest absolute Gasteiger partial charge is 0.0645 e. The van der Waals surface area contributed by atoms with Crippen LogP contribution in [0.15, 0.2) is 0 Å². The van der Waals surface area contributed by atoms with Gasteiger partial charge in [0.2, 0.25) is 0 Å². The maximum absolute atomic E-state index is 8.31. The summed E-state index contributed by atoms with van der Waals surface area (Å²) in [7, 11) is 0. The van der Waals surface area contributed by atoms with Crippen LogP contribution in [0, 0.1) is 23.2 Å². The van der Waals surface area contributed by atoms with Crippen LogP contribution >= 0.6 is 0 Å². The van der Waals surface area contributed by atoms with Crippen molar-refractivity contribution in [3.8, 4) is 6.07 Å². The number of hydrogen-bond acceptors (Lipinski definition) is 2. The van der Waals surface area contributed by atoms with E-state index in [-0.39, 0.29) is 0 Å². The SMILES string of the molecule is CC1CCC(COCCC#N)CC1. The van der Waals surface area contributed by atoms with Crippen molar-refractivity contribution in [1.82, 2.24) is 0 Å². The molecule has 1 aliphatic rings. The summed E-state index contributed by atoms with van der Waals surface area (Å²) in [5.74, 6) is 1.67. The second-order valence-electron chi connectivity index (χ2n) is 4.11. The van der Waals surface area contributed by atoms with E-state index in [9.17, 15) is 0 Å². The summed E-state index contributed by atoms with van der Waals surface area (Å²) in [6.07, 6.45) is 5.86. The van der Waals surface area contributed by atoms with Crippen molar-refractivity contribution in [3.05, 3.63) is 0 Å². The number of nitrogens with zero attached hydrogens (tertiary/aromatic N) is 1. The lowest BCUT2D eigenvalue weighted by Gasteiger charge is -2.25. The van der Waals surface area contributed by atoms with Crippen LogP contribution < -0.4 is 0 Å². The molecule has 2 heteroatoms. The first-order valence-corrected chi connectivity index (χ1v) is 5.27. The van der Waals surface area contributed by atoms with E-state index in [4.69, 9.17) is 10.00 Å². The van der Waals surface area contributed by atoms with Gasteiger partial charge in [-0.05, 0) is 24.7 Å². The molecule has 0 radical (unpaired) electrons. The average molecular weight is 181 g/mol. The van der Waals surface area contributed by atoms with Gasteiger partial charge >= 0.3 is 0 Å². The maximum atomic E-state index is 8.31. The molecule has 0 spiro atoms.